The number of piperidine rings is 1. The van der Waals surface area contributed by atoms with Gasteiger partial charge in [-0.05, 0) is 44.0 Å². The second kappa shape index (κ2) is 8.27. The number of hydrogen-bond donors (Lipinski definition) is 1. The van der Waals surface area contributed by atoms with Gasteiger partial charge in [-0.2, -0.15) is 0 Å². The number of carboxylic acids is 1. The summed E-state index contributed by atoms with van der Waals surface area (Å²) in [6.45, 7) is 3.10. The minimum atomic E-state index is -1.07. The minimum Gasteiger partial charge on any atom is -0.479 e. The quantitative estimate of drug-likeness (QED) is 0.845. The zero-order valence-electron chi connectivity index (χ0n) is 15.1. The first-order chi connectivity index (χ1) is 12.8. The molecule has 2 amide bonds. The molecule has 0 bridgehead atoms. The molecular weight excluding hydrogens is 372 g/mol. The van der Waals surface area contributed by atoms with E-state index in [0.717, 1.165) is 6.42 Å². The van der Waals surface area contributed by atoms with Gasteiger partial charge in [0.05, 0.1) is 18.6 Å². The summed E-state index contributed by atoms with van der Waals surface area (Å²) in [4.78, 5) is 40.1. The van der Waals surface area contributed by atoms with Gasteiger partial charge in [0.2, 0.25) is 5.91 Å². The molecule has 2 aliphatic rings. The Morgan fingerprint density at radius 3 is 2.48 bits per heavy atom. The van der Waals surface area contributed by atoms with E-state index in [1.807, 2.05) is 0 Å². The van der Waals surface area contributed by atoms with E-state index in [2.05, 4.69) is 0 Å². The Morgan fingerprint density at radius 1 is 1.11 bits per heavy atom. The van der Waals surface area contributed by atoms with Crippen molar-refractivity contribution in [2.24, 2.45) is 5.92 Å². The number of amides is 2. The lowest BCUT2D eigenvalue weighted by Gasteiger charge is -2.39. The summed E-state index contributed by atoms with van der Waals surface area (Å²) in [5.74, 6) is -1.62. The van der Waals surface area contributed by atoms with E-state index in [0.29, 0.717) is 36.6 Å². The minimum absolute atomic E-state index is 0.0418. The van der Waals surface area contributed by atoms with Gasteiger partial charge in [-0.1, -0.05) is 11.6 Å². The molecule has 0 spiro atoms. The third kappa shape index (κ3) is 4.59. The Morgan fingerprint density at radius 2 is 1.81 bits per heavy atom. The highest BCUT2D eigenvalue weighted by atomic mass is 35.5. The van der Waals surface area contributed by atoms with Crippen LogP contribution >= 0.6 is 11.6 Å². The van der Waals surface area contributed by atoms with Gasteiger partial charge in [0.1, 0.15) is 0 Å². The maximum atomic E-state index is 12.9. The van der Waals surface area contributed by atoms with Crippen molar-refractivity contribution >= 4 is 29.4 Å². The predicted octanol–water partition coefficient (Wildman–Crippen LogP) is 1.89. The van der Waals surface area contributed by atoms with Gasteiger partial charge in [-0.25, -0.2) is 4.79 Å². The van der Waals surface area contributed by atoms with Crippen LogP contribution in [0.2, 0.25) is 5.02 Å². The fourth-order valence-corrected chi connectivity index (χ4v) is 3.79. The van der Waals surface area contributed by atoms with Crippen LogP contribution in [0, 0.1) is 5.92 Å². The summed E-state index contributed by atoms with van der Waals surface area (Å²) < 4.78 is 5.37. The van der Waals surface area contributed by atoms with Crippen LogP contribution in [-0.4, -0.2) is 71.1 Å². The average Bonchev–Trinajstić information content (AvgIpc) is 2.67. The molecule has 3 rings (SSSR count). The number of likely N-dealkylation sites (tertiary alicyclic amines) is 1. The molecule has 2 heterocycles. The van der Waals surface area contributed by atoms with E-state index >= 15 is 0 Å². The Labute approximate surface area is 162 Å². The van der Waals surface area contributed by atoms with Crippen LogP contribution in [-0.2, 0) is 14.3 Å². The van der Waals surface area contributed by atoms with Gasteiger partial charge < -0.3 is 19.6 Å². The van der Waals surface area contributed by atoms with Crippen molar-refractivity contribution in [3.8, 4) is 0 Å². The second-order valence-electron chi connectivity index (χ2n) is 7.11. The largest absolute Gasteiger partial charge is 0.479 e. The number of nitrogens with zero attached hydrogens (tertiary/aromatic N) is 2. The number of hydrogen-bond acceptors (Lipinski definition) is 4. The van der Waals surface area contributed by atoms with Crippen molar-refractivity contribution < 1.29 is 24.2 Å². The summed E-state index contributed by atoms with van der Waals surface area (Å²) in [6, 6.07) is 6.69. The van der Waals surface area contributed by atoms with Crippen LogP contribution in [0.25, 0.3) is 0 Å². The van der Waals surface area contributed by atoms with Gasteiger partial charge in [0, 0.05) is 30.2 Å². The van der Waals surface area contributed by atoms with Gasteiger partial charge >= 0.3 is 5.97 Å². The Hall–Kier alpha value is -2.12. The number of carboxylic acid groups (broad SMARTS) is 1. The van der Waals surface area contributed by atoms with Crippen molar-refractivity contribution in [1.82, 2.24) is 9.80 Å². The zero-order valence-corrected chi connectivity index (χ0v) is 15.9. The number of morpholine rings is 1. The predicted molar refractivity (Wildman–Crippen MR) is 98.6 cm³/mol. The van der Waals surface area contributed by atoms with Crippen molar-refractivity contribution in [3.05, 3.63) is 34.9 Å². The summed E-state index contributed by atoms with van der Waals surface area (Å²) >= 11 is 5.87. The molecule has 1 aromatic rings. The van der Waals surface area contributed by atoms with E-state index in [9.17, 15) is 19.5 Å². The molecule has 8 heteroatoms. The average molecular weight is 395 g/mol. The monoisotopic (exact) mass is 394 g/mol. The van der Waals surface area contributed by atoms with Gasteiger partial charge in [0.25, 0.3) is 5.91 Å². The van der Waals surface area contributed by atoms with Crippen molar-refractivity contribution in [1.29, 1.82) is 0 Å². The summed E-state index contributed by atoms with van der Waals surface area (Å²) in [5.41, 5.74) is 0.540. The van der Waals surface area contributed by atoms with Crippen molar-refractivity contribution in [2.45, 2.75) is 32.0 Å². The van der Waals surface area contributed by atoms with Crippen LogP contribution in [0.3, 0.4) is 0 Å². The van der Waals surface area contributed by atoms with Crippen LogP contribution in [0.15, 0.2) is 24.3 Å². The molecule has 0 aliphatic carbocycles. The maximum absolute atomic E-state index is 12.9. The highest BCUT2D eigenvalue weighted by Gasteiger charge is 2.37. The van der Waals surface area contributed by atoms with E-state index < -0.39 is 12.1 Å². The topological polar surface area (TPSA) is 87.2 Å². The molecule has 2 saturated heterocycles. The summed E-state index contributed by atoms with van der Waals surface area (Å²) in [5, 5.41) is 9.76. The SMILES string of the molecule is C[C@@H]1CN(C(=O)C2CCCN(C(=O)c3ccc(Cl)cc3)C2)CC(C(=O)O)O1. The summed E-state index contributed by atoms with van der Waals surface area (Å²) in [6.07, 6.45) is 0.0808. The number of ether oxygens (including phenoxy) is 1. The molecule has 0 radical (unpaired) electrons. The maximum Gasteiger partial charge on any atom is 0.334 e. The molecule has 1 N–H and O–H groups in total. The molecule has 2 aliphatic heterocycles. The molecule has 0 aromatic heterocycles. The number of rotatable bonds is 3. The highest BCUT2D eigenvalue weighted by molar-refractivity contribution is 6.30. The first-order valence-electron chi connectivity index (χ1n) is 9.07. The standard InChI is InChI=1S/C19H23ClN2O5/c1-12-9-22(11-16(27-12)19(25)26)18(24)14-3-2-8-21(10-14)17(23)13-4-6-15(20)7-5-13/h4-7,12,14,16H,2-3,8-11H2,1H3,(H,25,26)/t12-,14?,16?/m1/s1. The Kier molecular flexibility index (Phi) is 6.01. The Bertz CT molecular complexity index is 723. The van der Waals surface area contributed by atoms with Gasteiger partial charge in [-0.3, -0.25) is 9.59 Å². The fourth-order valence-electron chi connectivity index (χ4n) is 3.66. The zero-order chi connectivity index (χ0) is 19.6. The molecule has 1 aromatic carbocycles. The van der Waals surface area contributed by atoms with E-state index in [1.165, 1.54) is 0 Å². The molecule has 27 heavy (non-hydrogen) atoms. The molecule has 3 atom stereocenters. The smallest absolute Gasteiger partial charge is 0.334 e. The lowest BCUT2D eigenvalue weighted by Crippen LogP contribution is -2.55. The van der Waals surface area contributed by atoms with E-state index in [4.69, 9.17) is 16.3 Å². The Balaban J connectivity index is 1.66. The molecule has 7 nitrogen and oxygen atoms in total. The van der Waals surface area contributed by atoms with Crippen molar-refractivity contribution in [2.75, 3.05) is 26.2 Å². The number of halogens is 1. The van der Waals surface area contributed by atoms with Crippen LogP contribution in [0.1, 0.15) is 30.1 Å². The first-order valence-corrected chi connectivity index (χ1v) is 9.45. The van der Waals surface area contributed by atoms with Crippen molar-refractivity contribution in [3.63, 3.8) is 0 Å². The molecule has 146 valence electrons. The third-order valence-corrected chi connectivity index (χ3v) is 5.25. The van der Waals surface area contributed by atoms with Gasteiger partial charge in [-0.15, -0.1) is 0 Å². The number of carbonyl (C=O) groups is 3. The summed E-state index contributed by atoms with van der Waals surface area (Å²) in [7, 11) is 0. The number of benzene rings is 1. The highest BCUT2D eigenvalue weighted by Crippen LogP contribution is 2.23. The van der Waals surface area contributed by atoms with Crippen LogP contribution in [0.4, 0.5) is 0 Å². The fraction of sp³-hybridized carbons (Fsp3) is 0.526. The lowest BCUT2D eigenvalue weighted by atomic mass is 9.95. The molecule has 0 saturated carbocycles. The molecule has 2 unspecified atom stereocenters. The first kappa shape index (κ1) is 19.6. The lowest BCUT2D eigenvalue weighted by molar-refractivity contribution is -0.168. The molecule has 2 fully saturated rings. The second-order valence-corrected chi connectivity index (χ2v) is 7.55. The van der Waals surface area contributed by atoms with Crippen LogP contribution < -0.4 is 0 Å². The number of carbonyl (C=O) groups excluding carboxylic acids is 2. The third-order valence-electron chi connectivity index (χ3n) is 5.00. The number of aliphatic carboxylic acids is 1. The van der Waals surface area contributed by atoms with Crippen LogP contribution in [0.5, 0.6) is 0 Å². The van der Waals surface area contributed by atoms with E-state index in [-0.39, 0.29) is 30.4 Å². The normalized spacial score (nSPS) is 25.9. The van der Waals surface area contributed by atoms with Gasteiger partial charge in [0.15, 0.2) is 6.10 Å². The van der Waals surface area contributed by atoms with E-state index in [1.54, 1.807) is 41.0 Å². The molecular formula is C19H23ClN2O5.